The van der Waals surface area contributed by atoms with Gasteiger partial charge in [0.05, 0.1) is 0 Å². The van der Waals surface area contributed by atoms with Crippen LogP contribution in [0, 0.1) is 0 Å². The van der Waals surface area contributed by atoms with E-state index >= 15 is 0 Å². The van der Waals surface area contributed by atoms with E-state index in [1.165, 1.54) is 5.08 Å². The Morgan fingerprint density at radius 2 is 1.86 bits per heavy atom. The molecule has 3 rings (SSSR count). The van der Waals surface area contributed by atoms with Gasteiger partial charge in [-0.25, -0.2) is 0 Å². The molecule has 2 bridgehead atoms. The van der Waals surface area contributed by atoms with E-state index < -0.39 is 0 Å². The molecule has 0 aromatic heterocycles. The maximum absolute atomic E-state index is 2.17. The summed E-state index contributed by atoms with van der Waals surface area (Å²) in [7, 11) is 0. The molecule has 0 N–H and O–H groups in total. The van der Waals surface area contributed by atoms with Gasteiger partial charge in [-0.15, -0.1) is 0 Å². The first-order valence-electron chi connectivity index (χ1n) is 1.99. The molecular weight excluding hydrogens is 211 g/mol. The third kappa shape index (κ3) is 0.969. The van der Waals surface area contributed by atoms with Crippen molar-refractivity contribution in [3.05, 3.63) is 0 Å². The van der Waals surface area contributed by atoms with Crippen molar-refractivity contribution in [2.75, 3.05) is 5.08 Å². The van der Waals surface area contributed by atoms with Gasteiger partial charge >= 0.3 is 62.3 Å². The van der Waals surface area contributed by atoms with Crippen LogP contribution in [0.4, 0.5) is 0 Å². The fourth-order valence-corrected chi connectivity index (χ4v) is 13.2. The second-order valence-electron chi connectivity index (χ2n) is 1.30. The second-order valence-corrected chi connectivity index (χ2v) is 10.9. The van der Waals surface area contributed by atoms with Crippen molar-refractivity contribution in [3.8, 4) is 0 Å². The van der Waals surface area contributed by atoms with Crippen LogP contribution in [0.1, 0.15) is 0 Å². The maximum atomic E-state index is 2.17. The Morgan fingerprint density at radius 3 is 2.00 bits per heavy atom. The SMILES string of the molecule is C1SC2SC(S1)[Se]2. The molecule has 4 heteroatoms. The molecule has 40 valence electrons. The molecule has 7 heavy (non-hydrogen) atoms. The van der Waals surface area contributed by atoms with Gasteiger partial charge in [0, 0.05) is 0 Å². The second kappa shape index (κ2) is 2.07. The van der Waals surface area contributed by atoms with Crippen LogP contribution in [0.15, 0.2) is 0 Å². The average Bonchev–Trinajstić information content (AvgIpc) is 1.67. The number of thioether (sulfide) groups is 3. The molecule has 0 aromatic rings. The van der Waals surface area contributed by atoms with Crippen molar-refractivity contribution in [3.63, 3.8) is 0 Å². The Bertz CT molecular complexity index is 66.7. The Labute approximate surface area is 62.1 Å². The third-order valence-electron chi connectivity index (χ3n) is 0.853. The zero-order valence-corrected chi connectivity index (χ0v) is 7.66. The minimum atomic E-state index is 0.998. The number of hydrogen-bond donors (Lipinski definition) is 0. The Kier molecular flexibility index (Phi) is 1.58. The molecule has 0 nitrogen and oxygen atoms in total. The average molecular weight is 215 g/mol. The summed E-state index contributed by atoms with van der Waals surface area (Å²) < 4.78 is 2.11. The van der Waals surface area contributed by atoms with E-state index in [4.69, 9.17) is 0 Å². The molecule has 3 aliphatic heterocycles. The van der Waals surface area contributed by atoms with Gasteiger partial charge in [0.1, 0.15) is 0 Å². The zero-order chi connectivity index (χ0) is 4.69. The van der Waals surface area contributed by atoms with Crippen LogP contribution < -0.4 is 0 Å². The van der Waals surface area contributed by atoms with Crippen LogP contribution >= 0.6 is 35.3 Å². The fraction of sp³-hybridized carbons (Fsp3) is 1.00. The predicted molar refractivity (Wildman–Crippen MR) is 41.0 cm³/mol. The molecular formula is C3H4S3Se. The Hall–Kier alpha value is 1.57. The first-order chi connectivity index (χ1) is 3.45. The quantitative estimate of drug-likeness (QED) is 0.561. The van der Waals surface area contributed by atoms with E-state index in [0.29, 0.717) is 0 Å². The topological polar surface area (TPSA) is 0 Å². The van der Waals surface area contributed by atoms with Gasteiger partial charge in [-0.1, -0.05) is 0 Å². The molecule has 2 atom stereocenters. The third-order valence-corrected chi connectivity index (χ3v) is 10.8. The van der Waals surface area contributed by atoms with Crippen LogP contribution in [0.2, 0.25) is 0 Å². The number of rotatable bonds is 0. The van der Waals surface area contributed by atoms with Crippen LogP contribution in [-0.2, 0) is 0 Å². The fourth-order valence-electron chi connectivity index (χ4n) is 0.499. The molecule has 0 radical (unpaired) electrons. The molecule has 0 aliphatic carbocycles. The van der Waals surface area contributed by atoms with E-state index in [2.05, 4.69) is 35.3 Å². The van der Waals surface area contributed by atoms with Gasteiger partial charge in [-0.2, -0.15) is 0 Å². The van der Waals surface area contributed by atoms with Crippen LogP contribution in [0.3, 0.4) is 0 Å². The van der Waals surface area contributed by atoms with E-state index in [1.54, 1.807) is 0 Å². The van der Waals surface area contributed by atoms with Gasteiger partial charge in [0.2, 0.25) is 0 Å². The van der Waals surface area contributed by atoms with E-state index in [9.17, 15) is 0 Å². The molecule has 0 aromatic carbocycles. The zero-order valence-electron chi connectivity index (χ0n) is 3.49. The molecule has 0 amide bonds. The first-order valence-corrected chi connectivity index (χ1v) is 7.01. The normalized spacial score (nSPS) is 48.0. The van der Waals surface area contributed by atoms with Crippen molar-refractivity contribution in [2.24, 2.45) is 0 Å². The molecule has 3 heterocycles. The summed E-state index contributed by atoms with van der Waals surface area (Å²) in [5.41, 5.74) is 0. The standard InChI is InChI=1S/C3H4S3Se/c1-4-2-6-3(5-1)7-2/h2-3H,1H2. The van der Waals surface area contributed by atoms with Gasteiger partial charge in [0.15, 0.2) is 0 Å². The van der Waals surface area contributed by atoms with Crippen molar-refractivity contribution < 1.29 is 0 Å². The molecule has 0 spiro atoms. The first kappa shape index (κ1) is 5.36. The Morgan fingerprint density at radius 1 is 1.29 bits per heavy atom. The number of hydrogen-bond acceptors (Lipinski definition) is 3. The van der Waals surface area contributed by atoms with Crippen molar-refractivity contribution in [2.45, 2.75) is 6.96 Å². The predicted octanol–water partition coefficient (Wildman–Crippen LogP) is 1.44. The van der Waals surface area contributed by atoms with Crippen molar-refractivity contribution in [1.29, 1.82) is 0 Å². The summed E-state index contributed by atoms with van der Waals surface area (Å²) in [5, 5.41) is 1.37. The molecule has 0 saturated carbocycles. The molecule has 3 saturated heterocycles. The molecule has 2 unspecified atom stereocenters. The monoisotopic (exact) mass is 216 g/mol. The molecule has 3 fully saturated rings. The van der Waals surface area contributed by atoms with E-state index in [-0.39, 0.29) is 0 Å². The van der Waals surface area contributed by atoms with E-state index in [0.717, 1.165) is 21.9 Å². The van der Waals surface area contributed by atoms with Crippen molar-refractivity contribution >= 4 is 50.2 Å². The summed E-state index contributed by atoms with van der Waals surface area (Å²) >= 11 is 7.44. The van der Waals surface area contributed by atoms with E-state index in [1.807, 2.05) is 0 Å². The molecule has 3 aliphatic rings. The summed E-state index contributed by atoms with van der Waals surface area (Å²) in [4.78, 5) is 0. The van der Waals surface area contributed by atoms with Gasteiger partial charge in [-0.3, -0.25) is 0 Å². The summed E-state index contributed by atoms with van der Waals surface area (Å²) in [6.45, 7) is 0. The van der Waals surface area contributed by atoms with Gasteiger partial charge < -0.3 is 0 Å². The number of fused-ring (bicyclic) bond motifs is 2. The van der Waals surface area contributed by atoms with Gasteiger partial charge in [0.25, 0.3) is 0 Å². The van der Waals surface area contributed by atoms with Crippen LogP contribution in [0.5, 0.6) is 0 Å². The van der Waals surface area contributed by atoms with Crippen LogP contribution in [0.25, 0.3) is 0 Å². The Balaban J connectivity index is 1.99. The van der Waals surface area contributed by atoms with Gasteiger partial charge in [-0.05, 0) is 0 Å². The summed E-state index contributed by atoms with van der Waals surface area (Å²) in [5.74, 6) is 0. The van der Waals surface area contributed by atoms with Crippen molar-refractivity contribution in [1.82, 2.24) is 0 Å². The summed E-state index contributed by atoms with van der Waals surface area (Å²) in [6, 6.07) is 0. The summed E-state index contributed by atoms with van der Waals surface area (Å²) in [6.07, 6.45) is 0. The minimum absolute atomic E-state index is 0.998. The van der Waals surface area contributed by atoms with Crippen LogP contribution in [-0.4, -0.2) is 27.0 Å².